The van der Waals surface area contributed by atoms with Gasteiger partial charge in [-0.1, -0.05) is 132 Å². The van der Waals surface area contributed by atoms with Crippen LogP contribution >= 0.6 is 0 Å². The van der Waals surface area contributed by atoms with E-state index in [0.29, 0.717) is 6.42 Å². The Balaban J connectivity index is 3.73. The maximum Gasteiger partial charge on any atom is 0.316 e. The van der Waals surface area contributed by atoms with Gasteiger partial charge in [-0.05, 0) is 83.5 Å². The van der Waals surface area contributed by atoms with Crippen molar-refractivity contribution in [3.8, 4) is 0 Å². The van der Waals surface area contributed by atoms with E-state index in [0.717, 1.165) is 96.3 Å². The van der Waals surface area contributed by atoms with Gasteiger partial charge in [0.25, 0.3) is 0 Å². The highest BCUT2D eigenvalue weighted by molar-refractivity contribution is 5.86. The van der Waals surface area contributed by atoms with Gasteiger partial charge < -0.3 is 4.74 Å². The zero-order chi connectivity index (χ0) is 30.1. The predicted molar refractivity (Wildman–Crippen MR) is 179 cm³/mol. The van der Waals surface area contributed by atoms with E-state index in [4.69, 9.17) is 4.74 Å². The largest absolute Gasteiger partial charge is 0.393 e. The topological polar surface area (TPSA) is 43.4 Å². The van der Waals surface area contributed by atoms with Crippen molar-refractivity contribution in [2.24, 2.45) is 5.92 Å². The fourth-order valence-corrected chi connectivity index (χ4v) is 4.46. The number of hydrogen-bond acceptors (Lipinski definition) is 3. The maximum atomic E-state index is 12.4. The molecule has 0 aliphatic heterocycles. The molecule has 0 aromatic heterocycles. The molecule has 0 fully saturated rings. The SMILES string of the molecule is CC/C=C\C/C=C\C/C=C\CCCCCCCC(=O)OC(=O)C(CC)CCCCCC/C=C\C/C=C\C/C=C\CC. The van der Waals surface area contributed by atoms with Gasteiger partial charge in [-0.3, -0.25) is 9.59 Å². The van der Waals surface area contributed by atoms with E-state index in [-0.39, 0.29) is 17.9 Å². The molecule has 0 N–H and O–H groups in total. The standard InChI is InChI=1S/C38H62O3/c1-4-7-9-11-13-15-17-19-21-23-25-27-29-31-33-35-37(39)41-38(40)36(6-3)34-32-30-28-26-24-22-20-18-16-14-12-10-8-5-2/h7-10,13-16,19-22,36H,4-6,11-12,17-18,23-35H2,1-3H3/b9-7-,10-8-,15-13-,16-14-,21-19-,22-20-. The van der Waals surface area contributed by atoms with Crippen LogP contribution in [-0.2, 0) is 14.3 Å². The normalized spacial score (nSPS) is 13.2. The number of unbranched alkanes of at least 4 members (excludes halogenated alkanes) is 9. The summed E-state index contributed by atoms with van der Waals surface area (Å²) in [7, 11) is 0. The Labute approximate surface area is 254 Å². The molecule has 41 heavy (non-hydrogen) atoms. The Hall–Kier alpha value is -2.42. The van der Waals surface area contributed by atoms with Crippen LogP contribution in [0.5, 0.6) is 0 Å². The molecular weight excluding hydrogens is 504 g/mol. The van der Waals surface area contributed by atoms with Crippen LogP contribution in [0.4, 0.5) is 0 Å². The zero-order valence-electron chi connectivity index (χ0n) is 26.9. The molecule has 0 aromatic carbocycles. The number of hydrogen-bond donors (Lipinski definition) is 0. The molecular formula is C38H62O3. The lowest BCUT2D eigenvalue weighted by Gasteiger charge is -2.13. The molecule has 0 heterocycles. The highest BCUT2D eigenvalue weighted by Crippen LogP contribution is 2.17. The maximum absolute atomic E-state index is 12.4. The van der Waals surface area contributed by atoms with Gasteiger partial charge in [-0.15, -0.1) is 0 Å². The Kier molecular flexibility index (Phi) is 30.2. The highest BCUT2D eigenvalue weighted by Gasteiger charge is 2.20. The van der Waals surface area contributed by atoms with Gasteiger partial charge in [0.05, 0.1) is 5.92 Å². The first kappa shape index (κ1) is 38.6. The summed E-state index contributed by atoms with van der Waals surface area (Å²) in [6, 6.07) is 0. The van der Waals surface area contributed by atoms with Crippen molar-refractivity contribution in [3.05, 3.63) is 72.9 Å². The first-order valence-electron chi connectivity index (χ1n) is 16.8. The zero-order valence-corrected chi connectivity index (χ0v) is 26.9. The summed E-state index contributed by atoms with van der Waals surface area (Å²) in [5.74, 6) is -0.828. The van der Waals surface area contributed by atoms with Crippen molar-refractivity contribution in [2.45, 2.75) is 149 Å². The van der Waals surface area contributed by atoms with Crippen LogP contribution in [0.15, 0.2) is 72.9 Å². The molecule has 0 amide bonds. The third-order valence-electron chi connectivity index (χ3n) is 7.03. The fraction of sp³-hybridized carbons (Fsp3) is 0.632. The first-order chi connectivity index (χ1) is 20.2. The van der Waals surface area contributed by atoms with Crippen molar-refractivity contribution in [3.63, 3.8) is 0 Å². The summed E-state index contributed by atoms with van der Waals surface area (Å²) >= 11 is 0. The van der Waals surface area contributed by atoms with E-state index >= 15 is 0 Å². The van der Waals surface area contributed by atoms with E-state index < -0.39 is 0 Å². The quantitative estimate of drug-likeness (QED) is 0.0430. The predicted octanol–water partition coefficient (Wildman–Crippen LogP) is 11.9. The Morgan fingerprint density at radius 3 is 1.41 bits per heavy atom. The molecule has 0 radical (unpaired) electrons. The van der Waals surface area contributed by atoms with E-state index in [1.54, 1.807) is 0 Å². The molecule has 232 valence electrons. The second kappa shape index (κ2) is 32.1. The lowest BCUT2D eigenvalue weighted by Crippen LogP contribution is -2.21. The van der Waals surface area contributed by atoms with Gasteiger partial charge in [0.2, 0.25) is 0 Å². The molecule has 0 saturated carbocycles. The number of carbonyl (C=O) groups excluding carboxylic acids is 2. The molecule has 3 nitrogen and oxygen atoms in total. The summed E-state index contributed by atoms with van der Waals surface area (Å²) in [6.45, 7) is 6.32. The Morgan fingerprint density at radius 2 is 0.927 bits per heavy atom. The van der Waals surface area contributed by atoms with Gasteiger partial charge in [0, 0.05) is 6.42 Å². The lowest BCUT2D eigenvalue weighted by molar-refractivity contribution is -0.163. The summed E-state index contributed by atoms with van der Waals surface area (Å²) in [4.78, 5) is 24.6. The van der Waals surface area contributed by atoms with Crippen molar-refractivity contribution in [2.75, 3.05) is 0 Å². The molecule has 1 unspecified atom stereocenters. The van der Waals surface area contributed by atoms with Crippen LogP contribution in [0.2, 0.25) is 0 Å². The molecule has 0 aliphatic carbocycles. The molecule has 0 aliphatic rings. The minimum absolute atomic E-state index is 0.153. The second-order valence-electron chi connectivity index (χ2n) is 10.8. The van der Waals surface area contributed by atoms with Crippen molar-refractivity contribution >= 4 is 11.9 Å². The minimum Gasteiger partial charge on any atom is -0.393 e. The highest BCUT2D eigenvalue weighted by atomic mass is 16.6. The number of ether oxygens (including phenoxy) is 1. The lowest BCUT2D eigenvalue weighted by atomic mass is 9.98. The third-order valence-corrected chi connectivity index (χ3v) is 7.03. The fourth-order valence-electron chi connectivity index (χ4n) is 4.46. The van der Waals surface area contributed by atoms with Crippen molar-refractivity contribution in [1.82, 2.24) is 0 Å². The molecule has 0 spiro atoms. The van der Waals surface area contributed by atoms with Gasteiger partial charge in [0.15, 0.2) is 0 Å². The molecule has 0 saturated heterocycles. The first-order valence-corrected chi connectivity index (χ1v) is 16.8. The average molecular weight is 567 g/mol. The number of allylic oxidation sites excluding steroid dienone is 12. The average Bonchev–Trinajstić information content (AvgIpc) is 2.97. The van der Waals surface area contributed by atoms with E-state index in [1.807, 2.05) is 6.92 Å². The van der Waals surface area contributed by atoms with Gasteiger partial charge >= 0.3 is 11.9 Å². The molecule has 3 heteroatoms. The summed E-state index contributed by atoms with van der Waals surface area (Å²) in [5, 5.41) is 0. The number of rotatable bonds is 27. The molecule has 0 rings (SSSR count). The van der Waals surface area contributed by atoms with Crippen molar-refractivity contribution < 1.29 is 14.3 Å². The van der Waals surface area contributed by atoms with Crippen LogP contribution in [0.3, 0.4) is 0 Å². The molecule has 0 bridgehead atoms. The van der Waals surface area contributed by atoms with Crippen LogP contribution in [0, 0.1) is 5.92 Å². The number of carbonyl (C=O) groups is 2. The van der Waals surface area contributed by atoms with Crippen LogP contribution < -0.4 is 0 Å². The Morgan fingerprint density at radius 1 is 0.512 bits per heavy atom. The monoisotopic (exact) mass is 566 g/mol. The van der Waals surface area contributed by atoms with Crippen LogP contribution in [-0.4, -0.2) is 11.9 Å². The van der Waals surface area contributed by atoms with Gasteiger partial charge in [-0.25, -0.2) is 0 Å². The van der Waals surface area contributed by atoms with Crippen LogP contribution in [0.25, 0.3) is 0 Å². The van der Waals surface area contributed by atoms with Crippen molar-refractivity contribution in [1.29, 1.82) is 0 Å². The second-order valence-corrected chi connectivity index (χ2v) is 10.8. The summed E-state index contributed by atoms with van der Waals surface area (Å²) < 4.78 is 5.18. The smallest absolute Gasteiger partial charge is 0.316 e. The number of esters is 2. The van der Waals surface area contributed by atoms with E-state index in [9.17, 15) is 9.59 Å². The van der Waals surface area contributed by atoms with Crippen LogP contribution in [0.1, 0.15) is 149 Å². The van der Waals surface area contributed by atoms with E-state index in [1.165, 1.54) is 25.7 Å². The molecule has 0 aromatic rings. The Bertz CT molecular complexity index is 781. The molecule has 1 atom stereocenters. The van der Waals surface area contributed by atoms with Gasteiger partial charge in [0.1, 0.15) is 0 Å². The minimum atomic E-state index is -0.353. The summed E-state index contributed by atoms with van der Waals surface area (Å²) in [5.41, 5.74) is 0. The summed E-state index contributed by atoms with van der Waals surface area (Å²) in [6.07, 6.45) is 46.9. The van der Waals surface area contributed by atoms with E-state index in [2.05, 4.69) is 86.8 Å². The third kappa shape index (κ3) is 28.9. The van der Waals surface area contributed by atoms with Gasteiger partial charge in [-0.2, -0.15) is 0 Å².